The van der Waals surface area contributed by atoms with Crippen molar-refractivity contribution in [1.29, 1.82) is 0 Å². The van der Waals surface area contributed by atoms with Gasteiger partial charge in [-0.25, -0.2) is 0 Å². The van der Waals surface area contributed by atoms with Crippen LogP contribution >= 0.6 is 0 Å². The molecule has 3 aromatic rings. The minimum atomic E-state index is 0.0180. The summed E-state index contributed by atoms with van der Waals surface area (Å²) in [4.78, 5) is 15.4. The van der Waals surface area contributed by atoms with E-state index < -0.39 is 0 Å². The van der Waals surface area contributed by atoms with Gasteiger partial charge in [0.25, 0.3) is 0 Å². The molecule has 3 rings (SSSR count). The van der Waals surface area contributed by atoms with Crippen molar-refractivity contribution < 1.29 is 4.79 Å². The Kier molecular flexibility index (Phi) is 4.47. The van der Waals surface area contributed by atoms with Gasteiger partial charge in [-0.3, -0.25) is 4.79 Å². The number of aromatic nitrogens is 1. The molecule has 0 fully saturated rings. The smallest absolute Gasteiger partial charge is 0.224 e. The quantitative estimate of drug-likeness (QED) is 0.731. The van der Waals surface area contributed by atoms with Gasteiger partial charge in [0.05, 0.1) is 12.5 Å². The lowest BCUT2D eigenvalue weighted by Gasteiger charge is -2.15. The van der Waals surface area contributed by atoms with E-state index in [9.17, 15) is 4.79 Å². The van der Waals surface area contributed by atoms with Crippen LogP contribution in [0.4, 0.5) is 0 Å². The Bertz CT molecular complexity index is 802. The number of hydrogen-bond acceptors (Lipinski definition) is 1. The molecule has 0 aliphatic rings. The van der Waals surface area contributed by atoms with Crippen LogP contribution in [0.25, 0.3) is 10.9 Å². The molecule has 0 radical (unpaired) electrons. The van der Waals surface area contributed by atoms with Gasteiger partial charge < -0.3 is 10.3 Å². The highest BCUT2D eigenvalue weighted by atomic mass is 16.1. The van der Waals surface area contributed by atoms with Crippen LogP contribution in [0.1, 0.15) is 36.6 Å². The van der Waals surface area contributed by atoms with E-state index in [1.54, 1.807) is 0 Å². The molecule has 23 heavy (non-hydrogen) atoms. The number of aryl methyl sites for hydroxylation is 1. The van der Waals surface area contributed by atoms with E-state index in [1.807, 2.05) is 31.3 Å². The molecule has 0 saturated heterocycles. The summed E-state index contributed by atoms with van der Waals surface area (Å²) in [6.45, 7) is 4.16. The van der Waals surface area contributed by atoms with Crippen molar-refractivity contribution in [1.82, 2.24) is 10.3 Å². The molecule has 2 N–H and O–H groups in total. The van der Waals surface area contributed by atoms with Crippen molar-refractivity contribution in [2.75, 3.05) is 0 Å². The average Bonchev–Trinajstić information content (AvgIpc) is 3.02. The minimum absolute atomic E-state index is 0.0180. The number of amides is 1. The molecule has 0 spiro atoms. The number of H-pyrrole nitrogens is 1. The molecule has 0 saturated carbocycles. The van der Waals surface area contributed by atoms with E-state index in [0.717, 1.165) is 28.5 Å². The number of carbonyl (C=O) groups excluding carboxylic acids is 1. The third kappa shape index (κ3) is 3.62. The Hall–Kier alpha value is -2.55. The van der Waals surface area contributed by atoms with Crippen LogP contribution in [0.5, 0.6) is 0 Å². The van der Waals surface area contributed by atoms with Crippen LogP contribution < -0.4 is 5.32 Å². The van der Waals surface area contributed by atoms with Crippen LogP contribution in [0.3, 0.4) is 0 Å². The van der Waals surface area contributed by atoms with Gasteiger partial charge in [-0.2, -0.15) is 0 Å². The Morgan fingerprint density at radius 2 is 1.83 bits per heavy atom. The summed E-state index contributed by atoms with van der Waals surface area (Å²) < 4.78 is 0. The van der Waals surface area contributed by atoms with Crippen molar-refractivity contribution in [2.45, 2.75) is 32.7 Å². The zero-order chi connectivity index (χ0) is 16.2. The number of hydrogen-bond donors (Lipinski definition) is 2. The van der Waals surface area contributed by atoms with Crippen molar-refractivity contribution in [3.05, 3.63) is 71.4 Å². The zero-order valence-electron chi connectivity index (χ0n) is 13.6. The molecule has 1 unspecified atom stereocenters. The summed E-state index contributed by atoms with van der Waals surface area (Å²) in [6.07, 6.45) is 3.34. The van der Waals surface area contributed by atoms with E-state index in [2.05, 4.69) is 47.6 Å². The number of benzene rings is 2. The minimum Gasteiger partial charge on any atom is -0.361 e. The lowest BCUT2D eigenvalue weighted by molar-refractivity contribution is -0.121. The second kappa shape index (κ2) is 6.69. The standard InChI is InChI=1S/C20H22N2O/c1-3-15-4-7-17(8-5-15)14(2)22-20(23)13-16-6-9-19-18(12-16)10-11-21-19/h4-12,14,21H,3,13H2,1-2H3,(H,22,23). The fourth-order valence-corrected chi connectivity index (χ4v) is 2.82. The van der Waals surface area contributed by atoms with Crippen LogP contribution in [0.2, 0.25) is 0 Å². The van der Waals surface area contributed by atoms with Gasteiger partial charge in [-0.1, -0.05) is 37.3 Å². The predicted octanol–water partition coefficient (Wildman–Crippen LogP) is 4.15. The second-order valence-corrected chi connectivity index (χ2v) is 5.96. The first-order valence-electron chi connectivity index (χ1n) is 8.10. The SMILES string of the molecule is CCc1ccc(C(C)NC(=O)Cc2ccc3[nH]ccc3c2)cc1. The molecule has 0 bridgehead atoms. The summed E-state index contributed by atoms with van der Waals surface area (Å²) in [6, 6.07) is 16.6. The highest BCUT2D eigenvalue weighted by Gasteiger charge is 2.10. The van der Waals surface area contributed by atoms with E-state index in [-0.39, 0.29) is 11.9 Å². The number of fused-ring (bicyclic) bond motifs is 1. The molecule has 0 aliphatic heterocycles. The number of carbonyl (C=O) groups is 1. The van der Waals surface area contributed by atoms with Gasteiger partial charge in [0.2, 0.25) is 5.91 Å². The van der Waals surface area contributed by atoms with Gasteiger partial charge >= 0.3 is 0 Å². The van der Waals surface area contributed by atoms with Crippen LogP contribution in [0, 0.1) is 0 Å². The maximum atomic E-state index is 12.3. The highest BCUT2D eigenvalue weighted by molar-refractivity contribution is 5.83. The van der Waals surface area contributed by atoms with Crippen LogP contribution in [-0.4, -0.2) is 10.9 Å². The van der Waals surface area contributed by atoms with Crippen LogP contribution in [-0.2, 0) is 17.6 Å². The van der Waals surface area contributed by atoms with Gasteiger partial charge in [0.1, 0.15) is 0 Å². The number of nitrogens with one attached hydrogen (secondary N) is 2. The second-order valence-electron chi connectivity index (χ2n) is 5.96. The molecule has 3 heteroatoms. The predicted molar refractivity (Wildman–Crippen MR) is 94.4 cm³/mol. The third-order valence-electron chi connectivity index (χ3n) is 4.25. The summed E-state index contributed by atoms with van der Waals surface area (Å²) in [5.41, 5.74) is 4.57. The Balaban J connectivity index is 1.63. The van der Waals surface area contributed by atoms with Crippen molar-refractivity contribution in [3.8, 4) is 0 Å². The maximum Gasteiger partial charge on any atom is 0.224 e. The first kappa shape index (κ1) is 15.3. The summed E-state index contributed by atoms with van der Waals surface area (Å²) >= 11 is 0. The lowest BCUT2D eigenvalue weighted by Crippen LogP contribution is -2.28. The first-order chi connectivity index (χ1) is 11.2. The van der Waals surface area contributed by atoms with Gasteiger partial charge in [-0.15, -0.1) is 0 Å². The molecule has 1 aromatic heterocycles. The fraction of sp³-hybridized carbons (Fsp3) is 0.250. The molecular weight excluding hydrogens is 284 g/mol. The maximum absolute atomic E-state index is 12.3. The summed E-state index contributed by atoms with van der Waals surface area (Å²) in [7, 11) is 0. The lowest BCUT2D eigenvalue weighted by atomic mass is 10.0. The van der Waals surface area contributed by atoms with Crippen molar-refractivity contribution in [3.63, 3.8) is 0 Å². The molecule has 2 aromatic carbocycles. The molecule has 118 valence electrons. The summed E-state index contributed by atoms with van der Waals surface area (Å²) in [5.74, 6) is 0.0481. The van der Waals surface area contributed by atoms with E-state index in [4.69, 9.17) is 0 Å². The molecule has 1 atom stereocenters. The Labute approximate surface area is 136 Å². The number of aromatic amines is 1. The Morgan fingerprint density at radius 1 is 1.09 bits per heavy atom. The van der Waals surface area contributed by atoms with Gasteiger partial charge in [-0.05, 0) is 53.6 Å². The topological polar surface area (TPSA) is 44.9 Å². The summed E-state index contributed by atoms with van der Waals surface area (Å²) in [5, 5.41) is 4.21. The van der Waals surface area contributed by atoms with Crippen LogP contribution in [0.15, 0.2) is 54.7 Å². The zero-order valence-corrected chi connectivity index (χ0v) is 13.6. The molecule has 1 amide bonds. The molecule has 0 aliphatic carbocycles. The third-order valence-corrected chi connectivity index (χ3v) is 4.25. The molecule has 1 heterocycles. The Morgan fingerprint density at radius 3 is 2.57 bits per heavy atom. The normalized spacial score (nSPS) is 12.3. The number of rotatable bonds is 5. The fourth-order valence-electron chi connectivity index (χ4n) is 2.82. The van der Waals surface area contributed by atoms with Crippen molar-refractivity contribution >= 4 is 16.8 Å². The van der Waals surface area contributed by atoms with Crippen molar-refractivity contribution in [2.24, 2.45) is 0 Å². The first-order valence-corrected chi connectivity index (χ1v) is 8.10. The van der Waals surface area contributed by atoms with E-state index >= 15 is 0 Å². The van der Waals surface area contributed by atoms with Gasteiger partial charge in [0.15, 0.2) is 0 Å². The molecule has 3 nitrogen and oxygen atoms in total. The van der Waals surface area contributed by atoms with Gasteiger partial charge in [0, 0.05) is 11.7 Å². The largest absolute Gasteiger partial charge is 0.361 e. The molecular formula is C20H22N2O. The van der Waals surface area contributed by atoms with E-state index in [0.29, 0.717) is 6.42 Å². The highest BCUT2D eigenvalue weighted by Crippen LogP contribution is 2.16. The van der Waals surface area contributed by atoms with E-state index in [1.165, 1.54) is 5.56 Å². The average molecular weight is 306 g/mol. The monoisotopic (exact) mass is 306 g/mol.